The minimum Gasteiger partial charge on any atom is -0.376 e. The Morgan fingerprint density at radius 3 is 1.34 bits per heavy atom. The SMILES string of the molecule is CNC(=O)C1(NC(=O)C(=O)c2c(C)c(C(=O)Nc3ccnc(C(C)F)c3F)n3c2CCC3)CC(F)(F)C1.Cc1c(C(=O)C(=O)NC2(C(F)(F)F)COC2)c2n(c1C(=O)Nc1cccc(C(F)F)c1F)C[C@H](F)C2.Cc1c(F)cc(NC(=O)c2c(C)c(C(=O)C(=O)NC3(C(N)=O)CC(F)(F)C3)c3n2CCC3)cc1F.Cc1ccc(NC(=O)c2c(C)c(C(=O)C(=O)NC3(C)CS(=O)C3)c3n2CCC3)cc1F. The van der Waals surface area contributed by atoms with Gasteiger partial charge in [-0.05, 0) is 158 Å². The van der Waals surface area contributed by atoms with Crippen molar-refractivity contribution in [2.75, 3.05) is 53.0 Å². The van der Waals surface area contributed by atoms with Gasteiger partial charge in [0.25, 0.3) is 88.7 Å². The van der Waals surface area contributed by atoms with E-state index in [4.69, 9.17) is 5.73 Å². The van der Waals surface area contributed by atoms with Crippen LogP contribution in [0.2, 0.25) is 0 Å². The first-order valence-electron chi connectivity index (χ1n) is 43.0. The van der Waals surface area contributed by atoms with Crippen LogP contribution in [0.1, 0.15) is 222 Å². The van der Waals surface area contributed by atoms with Crippen molar-refractivity contribution >= 4 is 116 Å². The van der Waals surface area contributed by atoms with Gasteiger partial charge in [-0.3, -0.25) is 76.3 Å². The molecule has 2 saturated heterocycles. The quantitative estimate of drug-likeness (QED) is 0.0153. The number of nitrogens with one attached hydrogen (secondary N) is 9. The number of ether oxygens (including phenoxy) is 1. The maximum Gasteiger partial charge on any atom is 0.416 e. The number of aryl methyl sites for hydroxylation is 1. The van der Waals surface area contributed by atoms with Crippen molar-refractivity contribution in [3.63, 3.8) is 0 Å². The highest BCUT2D eigenvalue weighted by molar-refractivity contribution is 7.86. The molecule has 0 spiro atoms. The molecular formula is C91H89F16N15O16S. The zero-order valence-electron chi connectivity index (χ0n) is 75.2. The van der Waals surface area contributed by atoms with Crippen LogP contribution in [-0.4, -0.2) is 188 Å². The number of amides is 10. The zero-order valence-corrected chi connectivity index (χ0v) is 76.1. The van der Waals surface area contributed by atoms with Gasteiger partial charge >= 0.3 is 6.18 Å². The molecule has 5 aromatic heterocycles. The van der Waals surface area contributed by atoms with E-state index in [-0.39, 0.29) is 73.1 Å². The number of nitrogens with two attached hydrogens (primary N) is 1. The summed E-state index contributed by atoms with van der Waals surface area (Å²) in [7, 11) is 0.255. The second-order valence-corrected chi connectivity index (χ2v) is 36.9. The number of carbonyl (C=O) groups is 14. The molecule has 6 aliphatic heterocycles. The number of rotatable bonds is 24. The van der Waals surface area contributed by atoms with Gasteiger partial charge in [0, 0.05) is 127 Å². The minimum atomic E-state index is -4.91. The molecule has 4 fully saturated rings. The molecule has 11 heterocycles. The number of aromatic nitrogens is 5. The summed E-state index contributed by atoms with van der Waals surface area (Å²) >= 11 is 0. The summed E-state index contributed by atoms with van der Waals surface area (Å²) in [5, 5.41) is 20.4. The van der Waals surface area contributed by atoms with Crippen molar-refractivity contribution in [2.45, 2.75) is 211 Å². The van der Waals surface area contributed by atoms with Crippen LogP contribution >= 0.6 is 0 Å². The summed E-state index contributed by atoms with van der Waals surface area (Å²) in [4.78, 5) is 183. The number of hydrogen-bond acceptors (Lipinski definition) is 17. The lowest BCUT2D eigenvalue weighted by Gasteiger charge is -2.45. The first-order chi connectivity index (χ1) is 64.9. The van der Waals surface area contributed by atoms with Crippen LogP contribution in [0.5, 0.6) is 0 Å². The standard InChI is InChI=1S/C24H25F4N5O4.C23H22F4N4O4.C22H18F7N3O4.C22H24FN3O4S/c1-11-15(19(34)21(36)32-23(22(37)29-3)9-24(27,28)10-23)14-5-4-8-33(14)18(11)20(35)31-13-6-7-30-17(12(2)25)16(13)26;1-10-13(24)6-12(7-14(10)25)29-19(33)17-11(2)16(15-4-3-5-31(15)17)18(32)20(34)30-22(21(28)35)8-23(26,27)9-22;1-9-14(17(33)20(35)31-21(7-36-8-21)22(27,28)29)13-5-10(23)6-32(13)16(9)19(34)30-12-4-2-3-11(15(12)24)18(25)26;1-12-6-7-14(9-15(12)23)24-20(28)18-13(2)17(16-5-4-8-26(16)18)19(27)21(29)25-22(3)10-31(30)11-22/h6-7,12H,4-5,8-10H2,1-3H3,(H,29,37)(H,32,36)(H,30,31,35);6-7H,3-5,8-9H2,1-2H3,(H2,28,35)(H,29,33)(H,30,34);2-4,10,18H,5-8H2,1H3,(H,30,34)(H,31,35);6-7,9H,4-5,8,10-11H2,1-3H3,(H,24,28)(H,25,29)/t;;10-;/m..1./s1. The van der Waals surface area contributed by atoms with E-state index in [1.165, 1.54) is 49.9 Å². The van der Waals surface area contributed by atoms with Crippen LogP contribution in [0.15, 0.2) is 60.8 Å². The zero-order chi connectivity index (χ0) is 102. The maximum atomic E-state index is 14.6. The highest BCUT2D eigenvalue weighted by Gasteiger charge is 2.64. The Hall–Kier alpha value is -13.7. The van der Waals surface area contributed by atoms with Crippen LogP contribution in [0, 0.1) is 70.6 Å². The smallest absolute Gasteiger partial charge is 0.376 e. The summed E-state index contributed by atoms with van der Waals surface area (Å²) < 4.78 is 241. The number of ketones is 4. The van der Waals surface area contributed by atoms with Crippen LogP contribution in [-0.2, 0) is 96.2 Å². The summed E-state index contributed by atoms with van der Waals surface area (Å²) in [5.74, 6) is -24.6. The van der Waals surface area contributed by atoms with Crippen LogP contribution < -0.4 is 53.6 Å². The number of Topliss-reactive ketones (excluding diaryl/α,β-unsaturated/α-hetero) is 4. The number of hydrogen-bond donors (Lipinski definition) is 10. The van der Waals surface area contributed by atoms with Crippen LogP contribution in [0.3, 0.4) is 0 Å². The normalized spacial score (nSPS) is 18.8. The first kappa shape index (κ1) is 103. The number of nitrogens with zero attached hydrogens (tertiary/aromatic N) is 5. The largest absolute Gasteiger partial charge is 0.416 e. The maximum absolute atomic E-state index is 14.6. The van der Waals surface area contributed by atoms with Gasteiger partial charge in [0.05, 0.1) is 64.5 Å². The van der Waals surface area contributed by atoms with Gasteiger partial charge in [-0.2, -0.15) is 13.2 Å². The molecule has 3 aromatic carbocycles. The highest BCUT2D eigenvalue weighted by Crippen LogP contribution is 2.48. The lowest BCUT2D eigenvalue weighted by molar-refractivity contribution is -0.265. The van der Waals surface area contributed by atoms with Crippen molar-refractivity contribution in [3.8, 4) is 0 Å². The van der Waals surface area contributed by atoms with E-state index in [2.05, 4.69) is 52.3 Å². The van der Waals surface area contributed by atoms with Crippen molar-refractivity contribution < 1.29 is 146 Å². The Morgan fingerprint density at radius 1 is 0.518 bits per heavy atom. The molecule has 31 nitrogen and oxygen atoms in total. The molecule has 1 unspecified atom stereocenters. The second kappa shape index (κ2) is 38.6. The number of primary amides is 1. The molecule has 0 bridgehead atoms. The third-order valence-corrected chi connectivity index (χ3v) is 27.2. The molecule has 48 heteroatoms. The molecule has 139 heavy (non-hydrogen) atoms. The van der Waals surface area contributed by atoms with Gasteiger partial charge in [0.2, 0.25) is 11.8 Å². The molecule has 0 radical (unpaired) electrons. The topological polar surface area (TPSA) is 432 Å². The van der Waals surface area contributed by atoms with Crippen LogP contribution in [0.4, 0.5) is 93.0 Å². The summed E-state index contributed by atoms with van der Waals surface area (Å²) in [6, 6.07) is 10.4. The van der Waals surface area contributed by atoms with Gasteiger partial charge in [-0.1, -0.05) is 18.2 Å². The first-order valence-corrected chi connectivity index (χ1v) is 44.5. The molecule has 2 atom stereocenters. The molecule has 11 N–H and O–H groups in total. The van der Waals surface area contributed by atoms with Gasteiger partial charge in [-0.15, -0.1) is 0 Å². The number of anilines is 4. The van der Waals surface area contributed by atoms with Gasteiger partial charge < -0.3 is 76.6 Å². The average molecular weight is 1980 g/mol. The number of alkyl halides is 11. The van der Waals surface area contributed by atoms with Crippen molar-refractivity contribution in [1.29, 1.82) is 0 Å². The Balaban J connectivity index is 0.000000157. The summed E-state index contributed by atoms with van der Waals surface area (Å²) in [6.07, 6.45) is -11.4. The lowest BCUT2D eigenvalue weighted by atomic mass is 9.72. The number of benzene rings is 3. The minimum absolute atomic E-state index is 0.00546. The average Bonchev–Trinajstić information content (AvgIpc) is 1.17. The van der Waals surface area contributed by atoms with E-state index in [9.17, 15) is 142 Å². The Labute approximate surface area is 780 Å². The number of carbonyl (C=O) groups excluding carboxylic acids is 14. The van der Waals surface area contributed by atoms with Crippen molar-refractivity contribution in [1.82, 2.24) is 49.8 Å². The predicted molar refractivity (Wildman–Crippen MR) is 462 cm³/mol. The van der Waals surface area contributed by atoms with E-state index >= 15 is 0 Å². The fraction of sp³-hybridized carbons (Fsp3) is 0.418. The number of likely N-dealkylation sites (N-methyl/N-ethyl adjacent to an activating group) is 1. The van der Waals surface area contributed by atoms with E-state index < -0.39 is 255 Å². The number of fused-ring (bicyclic) bond motifs is 4. The Kier molecular flexibility index (Phi) is 28.5. The van der Waals surface area contributed by atoms with E-state index in [1.54, 1.807) is 42.8 Å². The number of halogens is 16. The highest BCUT2D eigenvalue weighted by atomic mass is 32.2. The molecular weight excluding hydrogens is 1900 g/mol. The van der Waals surface area contributed by atoms with Gasteiger partial charge in [-0.25, -0.2) is 57.1 Å². The molecule has 10 amide bonds. The molecule has 8 aromatic rings. The van der Waals surface area contributed by atoms with Crippen molar-refractivity contribution in [2.24, 2.45) is 5.73 Å². The molecule has 2 aliphatic carbocycles. The third-order valence-electron chi connectivity index (χ3n) is 25.3. The predicted octanol–water partition coefficient (Wildman–Crippen LogP) is 11.2. The molecule has 2 saturated carbocycles. The van der Waals surface area contributed by atoms with E-state index in [0.29, 0.717) is 103 Å². The fourth-order valence-electron chi connectivity index (χ4n) is 18.5. The number of pyridine rings is 1. The Morgan fingerprint density at radius 2 is 0.928 bits per heavy atom. The van der Waals surface area contributed by atoms with Gasteiger partial charge in [0.15, 0.2) is 17.2 Å². The fourth-order valence-corrected chi connectivity index (χ4v) is 20.0. The second-order valence-electron chi connectivity index (χ2n) is 35.4. The molecule has 8 aliphatic rings. The van der Waals surface area contributed by atoms with Crippen molar-refractivity contribution in [3.05, 3.63) is 202 Å². The van der Waals surface area contributed by atoms with E-state index in [0.717, 1.165) is 60.5 Å². The molecule has 16 rings (SSSR count). The van der Waals surface area contributed by atoms with Gasteiger partial charge in [0.1, 0.15) is 69.3 Å². The lowest BCUT2D eigenvalue weighted by Crippen LogP contribution is -2.71. The Bertz CT molecular complexity index is 6520. The monoisotopic (exact) mass is 1980 g/mol. The molecule has 742 valence electrons. The summed E-state index contributed by atoms with van der Waals surface area (Å²) in [5.41, 5.74) is -2.59. The third kappa shape index (κ3) is 19.8. The van der Waals surface area contributed by atoms with E-state index in [1.807, 2.05) is 0 Å². The summed E-state index contributed by atoms with van der Waals surface area (Å²) in [6.45, 7) is 10.5. The van der Waals surface area contributed by atoms with Crippen LogP contribution in [0.25, 0.3) is 0 Å².